The van der Waals surface area contributed by atoms with E-state index in [0.29, 0.717) is 0 Å². The number of carbonyl (C=O) groups excluding carboxylic acids is 3. The maximum absolute atomic E-state index is 12.6. The lowest BCUT2D eigenvalue weighted by Crippen LogP contribution is -2.14. The van der Waals surface area contributed by atoms with E-state index in [-0.39, 0.29) is 18.6 Å². The smallest absolute Gasteiger partial charge is 0.313 e. The number of hydrogen-bond donors (Lipinski definition) is 0. The molecule has 0 spiro atoms. The van der Waals surface area contributed by atoms with Crippen molar-refractivity contribution in [2.24, 2.45) is 0 Å². The van der Waals surface area contributed by atoms with Crippen molar-refractivity contribution in [2.75, 3.05) is 6.61 Å². The van der Waals surface area contributed by atoms with E-state index in [2.05, 4.69) is 4.74 Å². The standard InChI is InChI=1S/C13H13FO4/c1-2-18-13(17)8-11(15)7-12(16)9-3-5-10(14)6-4-9/h3-6H,2,7-8H2,1H3. The molecule has 18 heavy (non-hydrogen) atoms. The van der Waals surface area contributed by atoms with Crippen molar-refractivity contribution in [1.82, 2.24) is 0 Å². The van der Waals surface area contributed by atoms with Gasteiger partial charge in [-0.25, -0.2) is 4.39 Å². The number of esters is 1. The number of rotatable bonds is 6. The molecule has 1 rings (SSSR count). The average Bonchev–Trinajstić information content (AvgIpc) is 2.29. The van der Waals surface area contributed by atoms with Gasteiger partial charge in [0.2, 0.25) is 0 Å². The lowest BCUT2D eigenvalue weighted by molar-refractivity contribution is -0.145. The quantitative estimate of drug-likeness (QED) is 0.441. The van der Waals surface area contributed by atoms with Crippen LogP contribution < -0.4 is 0 Å². The van der Waals surface area contributed by atoms with Crippen LogP contribution >= 0.6 is 0 Å². The fourth-order valence-electron chi connectivity index (χ4n) is 1.35. The topological polar surface area (TPSA) is 60.4 Å². The molecule has 1 aromatic rings. The SMILES string of the molecule is CCOC(=O)CC(=O)CC(=O)c1ccc(F)cc1. The first-order chi connectivity index (χ1) is 8.52. The summed E-state index contributed by atoms with van der Waals surface area (Å²) >= 11 is 0. The van der Waals surface area contributed by atoms with Crippen molar-refractivity contribution in [1.29, 1.82) is 0 Å². The van der Waals surface area contributed by atoms with E-state index in [1.165, 1.54) is 12.1 Å². The van der Waals surface area contributed by atoms with Crippen LogP contribution in [0.3, 0.4) is 0 Å². The summed E-state index contributed by atoms with van der Waals surface area (Å²) in [4.78, 5) is 34.0. The fourth-order valence-corrected chi connectivity index (χ4v) is 1.35. The van der Waals surface area contributed by atoms with E-state index in [1.807, 2.05) is 0 Å². The van der Waals surface area contributed by atoms with Crippen LogP contribution in [0.1, 0.15) is 30.1 Å². The molecule has 5 heteroatoms. The zero-order valence-corrected chi connectivity index (χ0v) is 9.94. The molecule has 0 heterocycles. The summed E-state index contributed by atoms with van der Waals surface area (Å²) in [7, 11) is 0. The molecule has 0 aromatic heterocycles. The second-order valence-corrected chi connectivity index (χ2v) is 3.63. The first kappa shape index (κ1) is 14.0. The summed E-state index contributed by atoms with van der Waals surface area (Å²) in [6.07, 6.45) is -0.800. The van der Waals surface area contributed by atoms with Crippen molar-refractivity contribution >= 4 is 17.5 Å². The van der Waals surface area contributed by atoms with Crippen LogP contribution in [0.5, 0.6) is 0 Å². The number of ether oxygens (including phenoxy) is 1. The van der Waals surface area contributed by atoms with Gasteiger partial charge in [0.05, 0.1) is 13.0 Å². The van der Waals surface area contributed by atoms with Crippen LogP contribution in [0.4, 0.5) is 4.39 Å². The summed E-state index contributed by atoms with van der Waals surface area (Å²) in [5.41, 5.74) is 0.244. The van der Waals surface area contributed by atoms with Crippen molar-refractivity contribution in [2.45, 2.75) is 19.8 Å². The normalized spacial score (nSPS) is 9.89. The molecule has 0 N–H and O–H groups in total. The molecule has 0 amide bonds. The number of benzene rings is 1. The molecular weight excluding hydrogens is 239 g/mol. The molecule has 4 nitrogen and oxygen atoms in total. The first-order valence-corrected chi connectivity index (χ1v) is 5.49. The lowest BCUT2D eigenvalue weighted by atomic mass is 10.0. The average molecular weight is 252 g/mol. The van der Waals surface area contributed by atoms with E-state index in [9.17, 15) is 18.8 Å². The lowest BCUT2D eigenvalue weighted by Gasteiger charge is -2.01. The maximum atomic E-state index is 12.6. The van der Waals surface area contributed by atoms with Crippen LogP contribution in [-0.2, 0) is 14.3 Å². The fraction of sp³-hybridized carbons (Fsp3) is 0.308. The molecular formula is C13H13FO4. The van der Waals surface area contributed by atoms with Crippen molar-refractivity contribution < 1.29 is 23.5 Å². The Bertz CT molecular complexity index is 451. The third kappa shape index (κ3) is 4.45. The highest BCUT2D eigenvalue weighted by molar-refractivity contribution is 6.11. The summed E-state index contributed by atoms with van der Waals surface area (Å²) in [6.45, 7) is 1.82. The predicted octanol–water partition coefficient (Wildman–Crippen LogP) is 1.92. The van der Waals surface area contributed by atoms with Gasteiger partial charge in [0.25, 0.3) is 0 Å². The third-order valence-corrected chi connectivity index (χ3v) is 2.17. The van der Waals surface area contributed by atoms with Gasteiger partial charge in [-0.05, 0) is 31.2 Å². The van der Waals surface area contributed by atoms with Gasteiger partial charge in [-0.3, -0.25) is 14.4 Å². The molecule has 0 bridgehead atoms. The minimum atomic E-state index is -0.644. The van der Waals surface area contributed by atoms with E-state index in [1.54, 1.807) is 6.92 Å². The van der Waals surface area contributed by atoms with Gasteiger partial charge in [-0.15, -0.1) is 0 Å². The van der Waals surface area contributed by atoms with Crippen LogP contribution in [0.15, 0.2) is 24.3 Å². The highest BCUT2D eigenvalue weighted by Crippen LogP contribution is 2.07. The molecule has 0 radical (unpaired) electrons. The van der Waals surface area contributed by atoms with Crippen LogP contribution in [-0.4, -0.2) is 24.1 Å². The van der Waals surface area contributed by atoms with Gasteiger partial charge in [-0.2, -0.15) is 0 Å². The van der Waals surface area contributed by atoms with Gasteiger partial charge in [0.1, 0.15) is 12.2 Å². The van der Waals surface area contributed by atoms with E-state index < -0.39 is 29.8 Å². The second-order valence-electron chi connectivity index (χ2n) is 3.63. The Hall–Kier alpha value is -2.04. The summed E-state index contributed by atoms with van der Waals surface area (Å²) in [6, 6.07) is 4.89. The van der Waals surface area contributed by atoms with Gasteiger partial charge in [-0.1, -0.05) is 0 Å². The van der Waals surface area contributed by atoms with E-state index in [4.69, 9.17) is 0 Å². The molecule has 0 fully saturated rings. The Morgan fingerprint density at radius 3 is 2.28 bits per heavy atom. The molecule has 0 unspecified atom stereocenters. The second kappa shape index (κ2) is 6.64. The molecule has 1 aromatic carbocycles. The van der Waals surface area contributed by atoms with Crippen LogP contribution in [0.25, 0.3) is 0 Å². The van der Waals surface area contributed by atoms with Crippen LogP contribution in [0, 0.1) is 5.82 Å². The number of ketones is 2. The maximum Gasteiger partial charge on any atom is 0.313 e. The molecule has 0 aliphatic carbocycles. The molecule has 0 atom stereocenters. The van der Waals surface area contributed by atoms with Crippen molar-refractivity contribution in [3.05, 3.63) is 35.6 Å². The minimum Gasteiger partial charge on any atom is -0.466 e. The van der Waals surface area contributed by atoms with Crippen molar-refractivity contribution in [3.63, 3.8) is 0 Å². The molecule has 0 aliphatic rings. The number of hydrogen-bond acceptors (Lipinski definition) is 4. The summed E-state index contributed by atoms with van der Waals surface area (Å²) in [5.74, 6) is -2.05. The number of halogens is 1. The molecule has 96 valence electrons. The highest BCUT2D eigenvalue weighted by Gasteiger charge is 2.15. The van der Waals surface area contributed by atoms with E-state index in [0.717, 1.165) is 12.1 Å². The Morgan fingerprint density at radius 1 is 1.11 bits per heavy atom. The summed E-state index contributed by atoms with van der Waals surface area (Å²) < 4.78 is 17.2. The van der Waals surface area contributed by atoms with Gasteiger partial charge >= 0.3 is 5.97 Å². The van der Waals surface area contributed by atoms with Gasteiger partial charge in [0.15, 0.2) is 11.6 Å². The monoisotopic (exact) mass is 252 g/mol. The molecule has 0 aliphatic heterocycles. The number of Topliss-reactive ketones (excluding diaryl/α,β-unsaturated/α-hetero) is 2. The van der Waals surface area contributed by atoms with E-state index >= 15 is 0 Å². The third-order valence-electron chi connectivity index (χ3n) is 2.17. The number of carbonyl (C=O) groups is 3. The molecule has 0 saturated heterocycles. The Balaban J connectivity index is 2.52. The van der Waals surface area contributed by atoms with Gasteiger partial charge in [0, 0.05) is 5.56 Å². The zero-order valence-electron chi connectivity index (χ0n) is 9.94. The van der Waals surface area contributed by atoms with Crippen LogP contribution in [0.2, 0.25) is 0 Å². The van der Waals surface area contributed by atoms with Crippen molar-refractivity contribution in [3.8, 4) is 0 Å². The molecule has 0 saturated carbocycles. The minimum absolute atomic E-state index is 0.192. The van der Waals surface area contributed by atoms with Gasteiger partial charge < -0.3 is 4.74 Å². The highest BCUT2D eigenvalue weighted by atomic mass is 19.1. The Labute approximate surface area is 104 Å². The predicted molar refractivity (Wildman–Crippen MR) is 61.6 cm³/mol. The Morgan fingerprint density at radius 2 is 1.72 bits per heavy atom. The first-order valence-electron chi connectivity index (χ1n) is 5.49. The summed E-state index contributed by atoms with van der Waals surface area (Å²) in [5, 5.41) is 0. The Kier molecular flexibility index (Phi) is 5.17. The largest absolute Gasteiger partial charge is 0.466 e. The zero-order chi connectivity index (χ0) is 13.5.